The lowest BCUT2D eigenvalue weighted by Crippen LogP contribution is -2.45. The summed E-state index contributed by atoms with van der Waals surface area (Å²) in [6.07, 6.45) is 2.10. The number of hydrogen-bond acceptors (Lipinski definition) is 8. The molecule has 0 unspecified atom stereocenters. The standard InChI is InChI=1S/C26H34N2O7/c1-7-19(8-2)23(35-20-12-10-9-11-13-20)17(4)33-26(31)16(3)28-25(30)22-24(34-18(5)29)21(32-6)14-15-27-22/h9-17,19,23H,7-8H2,1-6H3,(H,28,30)/t16-,17-,23-/m0/s1. The third-order valence-corrected chi connectivity index (χ3v) is 5.54. The zero-order valence-corrected chi connectivity index (χ0v) is 21.1. The van der Waals surface area contributed by atoms with Gasteiger partial charge in [0.15, 0.2) is 11.4 Å². The van der Waals surface area contributed by atoms with Gasteiger partial charge in [0.2, 0.25) is 5.75 Å². The Morgan fingerprint density at radius 3 is 2.26 bits per heavy atom. The molecule has 0 aliphatic rings. The van der Waals surface area contributed by atoms with E-state index >= 15 is 0 Å². The summed E-state index contributed by atoms with van der Waals surface area (Å²) in [5.74, 6) is -1.09. The van der Waals surface area contributed by atoms with Crippen molar-refractivity contribution in [2.45, 2.75) is 65.7 Å². The molecule has 0 spiro atoms. The maximum atomic E-state index is 12.8. The molecule has 1 heterocycles. The predicted molar refractivity (Wildman–Crippen MR) is 130 cm³/mol. The lowest BCUT2D eigenvalue weighted by atomic mass is 9.93. The van der Waals surface area contributed by atoms with Crippen LogP contribution in [0.2, 0.25) is 0 Å². The molecule has 1 N–H and O–H groups in total. The van der Waals surface area contributed by atoms with Gasteiger partial charge in [-0.25, -0.2) is 9.78 Å². The number of aromatic nitrogens is 1. The van der Waals surface area contributed by atoms with Crippen molar-refractivity contribution in [2.24, 2.45) is 5.92 Å². The quantitative estimate of drug-likeness (QED) is 0.449. The Kier molecular flexibility index (Phi) is 10.5. The van der Waals surface area contributed by atoms with Gasteiger partial charge in [-0.15, -0.1) is 0 Å². The first-order valence-electron chi connectivity index (χ1n) is 11.7. The molecule has 2 rings (SSSR count). The molecule has 1 aromatic carbocycles. The van der Waals surface area contributed by atoms with Crippen molar-refractivity contribution in [3.05, 3.63) is 48.3 Å². The lowest BCUT2D eigenvalue weighted by Gasteiger charge is -2.31. The van der Waals surface area contributed by atoms with Crippen LogP contribution in [0.5, 0.6) is 17.2 Å². The predicted octanol–water partition coefficient (Wildman–Crippen LogP) is 3.95. The van der Waals surface area contributed by atoms with Crippen LogP contribution in [0, 0.1) is 5.92 Å². The van der Waals surface area contributed by atoms with Crippen LogP contribution in [0.15, 0.2) is 42.6 Å². The average molecular weight is 487 g/mol. The van der Waals surface area contributed by atoms with Gasteiger partial charge in [0.25, 0.3) is 5.91 Å². The smallest absolute Gasteiger partial charge is 0.328 e. The van der Waals surface area contributed by atoms with Crippen LogP contribution in [0.3, 0.4) is 0 Å². The first kappa shape index (κ1) is 27.6. The third-order valence-electron chi connectivity index (χ3n) is 5.54. The second-order valence-corrected chi connectivity index (χ2v) is 8.09. The summed E-state index contributed by atoms with van der Waals surface area (Å²) < 4.78 is 22.2. The Morgan fingerprint density at radius 1 is 1.03 bits per heavy atom. The summed E-state index contributed by atoms with van der Waals surface area (Å²) in [7, 11) is 1.37. The Bertz CT molecular complexity index is 992. The number of nitrogens with zero attached hydrogens (tertiary/aromatic N) is 1. The van der Waals surface area contributed by atoms with Gasteiger partial charge in [0.05, 0.1) is 7.11 Å². The topological polar surface area (TPSA) is 113 Å². The van der Waals surface area contributed by atoms with Crippen LogP contribution in [0.4, 0.5) is 0 Å². The zero-order chi connectivity index (χ0) is 26.0. The highest BCUT2D eigenvalue weighted by Crippen LogP contribution is 2.30. The second-order valence-electron chi connectivity index (χ2n) is 8.09. The maximum absolute atomic E-state index is 12.8. The number of hydrogen-bond donors (Lipinski definition) is 1. The molecular formula is C26H34N2O7. The van der Waals surface area contributed by atoms with Crippen LogP contribution in [0.25, 0.3) is 0 Å². The number of benzene rings is 1. The molecule has 9 nitrogen and oxygen atoms in total. The third kappa shape index (κ3) is 7.70. The van der Waals surface area contributed by atoms with E-state index in [9.17, 15) is 14.4 Å². The van der Waals surface area contributed by atoms with Crippen molar-refractivity contribution >= 4 is 17.8 Å². The van der Waals surface area contributed by atoms with Crippen molar-refractivity contribution in [1.29, 1.82) is 0 Å². The highest BCUT2D eigenvalue weighted by atomic mass is 16.6. The highest BCUT2D eigenvalue weighted by molar-refractivity contribution is 5.98. The number of nitrogens with one attached hydrogen (secondary N) is 1. The van der Waals surface area contributed by atoms with Gasteiger partial charge < -0.3 is 24.3 Å². The van der Waals surface area contributed by atoms with E-state index in [-0.39, 0.29) is 29.2 Å². The summed E-state index contributed by atoms with van der Waals surface area (Å²) in [5, 5.41) is 2.55. The van der Waals surface area contributed by atoms with Crippen molar-refractivity contribution in [2.75, 3.05) is 7.11 Å². The fourth-order valence-electron chi connectivity index (χ4n) is 3.66. The molecule has 0 saturated heterocycles. The van der Waals surface area contributed by atoms with E-state index < -0.39 is 30.0 Å². The lowest BCUT2D eigenvalue weighted by molar-refractivity contribution is -0.156. The van der Waals surface area contributed by atoms with E-state index in [0.717, 1.165) is 12.8 Å². The fraction of sp³-hybridized carbons (Fsp3) is 0.462. The minimum absolute atomic E-state index is 0.126. The number of carbonyl (C=O) groups excluding carboxylic acids is 3. The van der Waals surface area contributed by atoms with E-state index in [1.54, 1.807) is 6.92 Å². The largest absolute Gasteiger partial charge is 0.493 e. The average Bonchev–Trinajstić information content (AvgIpc) is 2.84. The number of pyridine rings is 1. The molecule has 0 bridgehead atoms. The fourth-order valence-corrected chi connectivity index (χ4v) is 3.66. The van der Waals surface area contributed by atoms with E-state index in [1.165, 1.54) is 33.2 Å². The number of rotatable bonds is 12. The number of ether oxygens (including phenoxy) is 4. The molecule has 35 heavy (non-hydrogen) atoms. The second kappa shape index (κ2) is 13.3. The molecule has 3 atom stereocenters. The highest BCUT2D eigenvalue weighted by Gasteiger charge is 2.32. The SMILES string of the molecule is CCC(CC)[C@@H](Oc1ccccc1)[C@H](C)OC(=O)[C@H](C)NC(=O)c1nccc(OC)c1OC(C)=O. The number of methoxy groups -OCH3 is 1. The summed E-state index contributed by atoms with van der Waals surface area (Å²) in [5.41, 5.74) is -0.186. The molecule has 190 valence electrons. The van der Waals surface area contributed by atoms with E-state index in [0.29, 0.717) is 5.75 Å². The molecule has 2 aromatic rings. The van der Waals surface area contributed by atoms with Crippen molar-refractivity contribution in [1.82, 2.24) is 10.3 Å². The summed E-state index contributed by atoms with van der Waals surface area (Å²) >= 11 is 0. The molecule has 1 aromatic heterocycles. The summed E-state index contributed by atoms with van der Waals surface area (Å²) in [6, 6.07) is 9.83. The zero-order valence-electron chi connectivity index (χ0n) is 21.1. The van der Waals surface area contributed by atoms with Gasteiger partial charge in [-0.2, -0.15) is 0 Å². The normalized spacial score (nSPS) is 13.3. The van der Waals surface area contributed by atoms with Gasteiger partial charge in [0.1, 0.15) is 24.0 Å². The number of amides is 1. The van der Waals surface area contributed by atoms with E-state index in [4.69, 9.17) is 18.9 Å². The molecule has 0 fully saturated rings. The van der Waals surface area contributed by atoms with Gasteiger partial charge in [-0.1, -0.05) is 32.0 Å². The first-order chi connectivity index (χ1) is 16.7. The van der Waals surface area contributed by atoms with Crippen LogP contribution < -0.4 is 19.5 Å². The summed E-state index contributed by atoms with van der Waals surface area (Å²) in [6.45, 7) is 8.61. The molecule has 0 aliphatic carbocycles. The molecule has 9 heteroatoms. The van der Waals surface area contributed by atoms with Crippen LogP contribution in [0.1, 0.15) is 57.9 Å². The van der Waals surface area contributed by atoms with Crippen molar-refractivity contribution in [3.63, 3.8) is 0 Å². The molecule has 0 radical (unpaired) electrons. The van der Waals surface area contributed by atoms with Crippen molar-refractivity contribution in [3.8, 4) is 17.2 Å². The van der Waals surface area contributed by atoms with Gasteiger partial charge in [0, 0.05) is 19.2 Å². The molecule has 0 aliphatic heterocycles. The molecule has 1 amide bonds. The molecular weight excluding hydrogens is 452 g/mol. The van der Waals surface area contributed by atoms with Gasteiger partial charge in [-0.05, 0) is 44.7 Å². The van der Waals surface area contributed by atoms with Crippen LogP contribution in [-0.2, 0) is 14.3 Å². The first-order valence-corrected chi connectivity index (χ1v) is 11.7. The minimum atomic E-state index is -0.998. The monoisotopic (exact) mass is 486 g/mol. The number of para-hydroxylation sites is 1. The Hall–Kier alpha value is -3.62. The van der Waals surface area contributed by atoms with Gasteiger partial charge >= 0.3 is 11.9 Å². The van der Waals surface area contributed by atoms with E-state index in [2.05, 4.69) is 24.1 Å². The maximum Gasteiger partial charge on any atom is 0.328 e. The van der Waals surface area contributed by atoms with Crippen LogP contribution >= 0.6 is 0 Å². The summed E-state index contributed by atoms with van der Waals surface area (Å²) in [4.78, 5) is 41.2. The van der Waals surface area contributed by atoms with Gasteiger partial charge in [-0.3, -0.25) is 9.59 Å². The van der Waals surface area contributed by atoms with Crippen molar-refractivity contribution < 1.29 is 33.3 Å². The Morgan fingerprint density at radius 2 is 1.69 bits per heavy atom. The van der Waals surface area contributed by atoms with Crippen LogP contribution in [-0.4, -0.2) is 48.2 Å². The number of esters is 2. The Balaban J connectivity index is 2.13. The Labute approximate surface area is 206 Å². The van der Waals surface area contributed by atoms with E-state index in [1.807, 2.05) is 30.3 Å². The number of carbonyl (C=O) groups is 3. The minimum Gasteiger partial charge on any atom is -0.493 e. The molecule has 0 saturated carbocycles.